The number of hydrogen-bond acceptors (Lipinski definition) is 2. The summed E-state index contributed by atoms with van der Waals surface area (Å²) >= 11 is 0. The van der Waals surface area contributed by atoms with E-state index < -0.39 is 0 Å². The molecular formula is C23H19N2O+. The summed E-state index contributed by atoms with van der Waals surface area (Å²) in [6.07, 6.45) is 0. The van der Waals surface area contributed by atoms with E-state index in [9.17, 15) is 0 Å². The van der Waals surface area contributed by atoms with Crippen LogP contribution in [0.2, 0.25) is 0 Å². The van der Waals surface area contributed by atoms with Gasteiger partial charge in [0.25, 0.3) is 0 Å². The highest BCUT2D eigenvalue weighted by Gasteiger charge is 2.08. The Kier molecular flexibility index (Phi) is 4.35. The third kappa shape index (κ3) is 3.57. The lowest BCUT2D eigenvalue weighted by molar-refractivity contribution is -0.402. The maximum atomic E-state index is 6.19. The van der Waals surface area contributed by atoms with E-state index in [2.05, 4.69) is 4.99 Å². The topological polar surface area (TPSA) is 53.1 Å². The first-order chi connectivity index (χ1) is 12.8. The lowest BCUT2D eigenvalue weighted by atomic mass is 10.1. The molecule has 0 saturated carbocycles. The highest BCUT2D eigenvalue weighted by Crippen LogP contribution is 2.24. The molecule has 3 nitrogen and oxygen atoms in total. The average Bonchev–Trinajstić information content (AvgIpc) is 2.71. The monoisotopic (exact) mass is 339 g/mol. The van der Waals surface area contributed by atoms with Gasteiger partial charge in [-0.1, -0.05) is 60.7 Å². The molecule has 3 heteroatoms. The van der Waals surface area contributed by atoms with Crippen LogP contribution in [0.1, 0.15) is 0 Å². The molecule has 0 atom stereocenters. The lowest BCUT2D eigenvalue weighted by Gasteiger charge is -2.04. The molecule has 0 fully saturated rings. The first kappa shape index (κ1) is 15.9. The molecule has 0 amide bonds. The van der Waals surface area contributed by atoms with E-state index in [1.54, 1.807) is 0 Å². The average molecular weight is 339 g/mol. The minimum absolute atomic E-state index is 0.744. The van der Waals surface area contributed by atoms with Crippen molar-refractivity contribution in [1.29, 1.82) is 0 Å². The van der Waals surface area contributed by atoms with Crippen LogP contribution >= 0.6 is 0 Å². The fraction of sp³-hybridized carbons (Fsp3) is 0. The maximum Gasteiger partial charge on any atom is 0.211 e. The number of hydrogen-bond donors (Lipinski definition) is 2. The second kappa shape index (κ2) is 7.11. The number of benzene rings is 3. The Morgan fingerprint density at radius 3 is 1.62 bits per heavy atom. The van der Waals surface area contributed by atoms with Gasteiger partial charge in [0.1, 0.15) is 11.5 Å². The maximum absolute atomic E-state index is 6.19. The quantitative estimate of drug-likeness (QED) is 0.561. The van der Waals surface area contributed by atoms with Crippen molar-refractivity contribution in [3.05, 3.63) is 102 Å². The van der Waals surface area contributed by atoms with Crippen LogP contribution in [0.25, 0.3) is 22.6 Å². The van der Waals surface area contributed by atoms with Gasteiger partial charge in [0, 0.05) is 28.9 Å². The van der Waals surface area contributed by atoms with E-state index in [-0.39, 0.29) is 0 Å². The number of rotatable bonds is 3. The van der Waals surface area contributed by atoms with Crippen molar-refractivity contribution >= 4 is 11.4 Å². The summed E-state index contributed by atoms with van der Waals surface area (Å²) in [6.45, 7) is 0. The Hall–Kier alpha value is -3.59. The van der Waals surface area contributed by atoms with Crippen LogP contribution in [0.4, 0.5) is 11.4 Å². The summed E-state index contributed by atoms with van der Waals surface area (Å²) in [5.74, 6) is 1.62. The molecule has 0 bridgehead atoms. The minimum atomic E-state index is 0.744. The van der Waals surface area contributed by atoms with Crippen molar-refractivity contribution in [2.75, 3.05) is 5.73 Å². The molecule has 1 heterocycles. The molecule has 3 aromatic carbocycles. The third-order valence-corrected chi connectivity index (χ3v) is 4.11. The Bertz CT molecular complexity index is 1010. The van der Waals surface area contributed by atoms with Crippen molar-refractivity contribution < 1.29 is 9.41 Å². The summed E-state index contributed by atoms with van der Waals surface area (Å²) in [4.78, 5) is 3.44. The summed E-state index contributed by atoms with van der Waals surface area (Å²) in [6, 6.07) is 31.9. The second-order valence-corrected chi connectivity index (χ2v) is 6.05. The van der Waals surface area contributed by atoms with Crippen LogP contribution < -0.4 is 16.1 Å². The molecule has 0 spiro atoms. The zero-order valence-electron chi connectivity index (χ0n) is 14.2. The minimum Gasteiger partial charge on any atom is -0.456 e. The molecule has 0 unspecified atom stereocenters. The zero-order chi connectivity index (χ0) is 17.8. The summed E-state index contributed by atoms with van der Waals surface area (Å²) in [7, 11) is 0. The van der Waals surface area contributed by atoms with Crippen LogP contribution in [0.5, 0.6) is 0 Å². The van der Waals surface area contributed by atoms with E-state index in [0.717, 1.165) is 39.4 Å². The van der Waals surface area contributed by atoms with Crippen LogP contribution in [0.15, 0.2) is 101 Å². The predicted molar refractivity (Wildman–Crippen MR) is 104 cm³/mol. The largest absolute Gasteiger partial charge is 0.456 e. The molecule has 3 N–H and O–H groups in total. The molecular weight excluding hydrogens is 320 g/mol. The third-order valence-electron chi connectivity index (χ3n) is 4.11. The van der Waals surface area contributed by atoms with Gasteiger partial charge in [-0.3, -0.25) is 0 Å². The molecule has 1 aromatic heterocycles. The Morgan fingerprint density at radius 2 is 1.12 bits per heavy atom. The number of nitrogens with two attached hydrogens (primary N) is 1. The van der Waals surface area contributed by atoms with Gasteiger partial charge >= 0.3 is 0 Å². The smallest absolute Gasteiger partial charge is 0.211 e. The number of nitrogens with one attached hydrogen (secondary N) is 1. The van der Waals surface area contributed by atoms with Gasteiger partial charge in [0.15, 0.2) is 0 Å². The van der Waals surface area contributed by atoms with Crippen LogP contribution in [0.3, 0.4) is 0 Å². The normalized spacial score (nSPS) is 10.5. The van der Waals surface area contributed by atoms with Gasteiger partial charge < -0.3 is 10.2 Å². The highest BCUT2D eigenvalue weighted by molar-refractivity contribution is 5.62. The predicted octanol–water partition coefficient (Wildman–Crippen LogP) is 3.51. The second-order valence-electron chi connectivity index (χ2n) is 6.05. The highest BCUT2D eigenvalue weighted by atomic mass is 16.3. The van der Waals surface area contributed by atoms with Gasteiger partial charge in [-0.2, -0.15) is 0 Å². The van der Waals surface area contributed by atoms with Gasteiger partial charge in [-0.15, -0.1) is 0 Å². The molecule has 0 aliphatic carbocycles. The van der Waals surface area contributed by atoms with Crippen molar-refractivity contribution in [3.8, 4) is 22.6 Å². The van der Waals surface area contributed by atoms with E-state index >= 15 is 0 Å². The fourth-order valence-corrected chi connectivity index (χ4v) is 2.80. The Labute approximate surface area is 152 Å². The molecule has 0 saturated heterocycles. The van der Waals surface area contributed by atoms with Gasteiger partial charge in [-0.05, 0) is 12.1 Å². The van der Waals surface area contributed by atoms with Gasteiger partial charge in [0.05, 0.1) is 12.1 Å². The fourth-order valence-electron chi connectivity index (χ4n) is 2.80. The van der Waals surface area contributed by atoms with Crippen molar-refractivity contribution in [3.63, 3.8) is 0 Å². The SMILES string of the molecule is Nc1ccc([NH+]=c2cc(-c3ccccc3)oc(-c3ccccc3)c2)cc1. The Morgan fingerprint density at radius 1 is 0.615 bits per heavy atom. The van der Waals surface area contributed by atoms with E-state index in [1.165, 1.54) is 0 Å². The lowest BCUT2D eigenvalue weighted by Crippen LogP contribution is -2.70. The molecule has 0 radical (unpaired) electrons. The van der Waals surface area contributed by atoms with Gasteiger partial charge in [-0.25, -0.2) is 4.99 Å². The summed E-state index contributed by atoms with van der Waals surface area (Å²) in [5.41, 5.74) is 9.56. The van der Waals surface area contributed by atoms with Crippen LogP contribution in [-0.2, 0) is 0 Å². The van der Waals surface area contributed by atoms with Crippen LogP contribution in [0, 0.1) is 0 Å². The standard InChI is InChI=1S/C23H18N2O/c24-19-11-13-20(14-12-19)25-21-15-22(17-7-3-1-4-8-17)26-23(16-21)18-9-5-2-6-10-18/h1-16H,24H2/p+1. The Balaban J connectivity index is 1.89. The molecule has 4 rings (SSSR count). The van der Waals surface area contributed by atoms with Crippen molar-refractivity contribution in [2.45, 2.75) is 0 Å². The number of nitrogen functional groups attached to an aromatic ring is 1. The van der Waals surface area contributed by atoms with E-state index in [1.807, 2.05) is 97.1 Å². The zero-order valence-corrected chi connectivity index (χ0v) is 14.2. The number of anilines is 1. The van der Waals surface area contributed by atoms with Crippen molar-refractivity contribution in [2.24, 2.45) is 0 Å². The first-order valence-corrected chi connectivity index (χ1v) is 8.49. The van der Waals surface area contributed by atoms with E-state index in [0.29, 0.717) is 0 Å². The molecule has 26 heavy (non-hydrogen) atoms. The molecule has 4 aromatic rings. The molecule has 0 aliphatic rings. The van der Waals surface area contributed by atoms with Crippen LogP contribution in [-0.4, -0.2) is 0 Å². The van der Waals surface area contributed by atoms with Gasteiger partial charge in [0.2, 0.25) is 11.0 Å². The molecule has 0 aliphatic heterocycles. The summed E-state index contributed by atoms with van der Waals surface area (Å²) < 4.78 is 6.19. The first-order valence-electron chi connectivity index (χ1n) is 8.49. The van der Waals surface area contributed by atoms with Crippen molar-refractivity contribution in [1.82, 2.24) is 0 Å². The molecule has 126 valence electrons. The summed E-state index contributed by atoms with van der Waals surface area (Å²) in [5, 5.41) is 0.957. The van der Waals surface area contributed by atoms with E-state index in [4.69, 9.17) is 10.2 Å².